The average Bonchev–Trinajstić information content (AvgIpc) is 3.83. The molecule has 2 aliphatic rings. The summed E-state index contributed by atoms with van der Waals surface area (Å²) in [5.41, 5.74) is 8.54. The van der Waals surface area contributed by atoms with Crippen LogP contribution >= 0.6 is 11.6 Å². The fraction of sp³-hybridized carbons (Fsp3) is 0.385. The number of anilines is 5. The number of ether oxygens (including phenoxy) is 4. The molecule has 0 bridgehead atoms. The Bertz CT molecular complexity index is 2350. The molecule has 0 saturated heterocycles. The van der Waals surface area contributed by atoms with Crippen molar-refractivity contribution in [3.05, 3.63) is 78.6 Å². The van der Waals surface area contributed by atoms with Crippen LogP contribution < -0.4 is 39.8 Å². The number of nitrogens with two attached hydrogens (primary N) is 1. The summed E-state index contributed by atoms with van der Waals surface area (Å²) in [5.74, 6) is 5.92. The van der Waals surface area contributed by atoms with Crippen molar-refractivity contribution >= 4 is 40.6 Å². The molecule has 6 aromatic heterocycles. The first kappa shape index (κ1) is 42.7. The highest BCUT2D eigenvalue weighted by Gasteiger charge is 2.34. The molecule has 18 nitrogen and oxygen atoms in total. The minimum Gasteiger partial charge on any atom is -0.493 e. The molecule has 0 spiro atoms. The summed E-state index contributed by atoms with van der Waals surface area (Å²) < 4.78 is 25.6. The Morgan fingerprint density at radius 1 is 0.690 bits per heavy atom. The van der Waals surface area contributed by atoms with Crippen LogP contribution in [0.4, 0.5) is 29.0 Å². The third-order valence-corrected chi connectivity index (χ3v) is 9.53. The molecule has 308 valence electrons. The topological polar surface area (TPSA) is 194 Å². The van der Waals surface area contributed by atoms with Crippen molar-refractivity contribution in [3.8, 4) is 34.6 Å². The molecular weight excluding hydrogens is 764 g/mol. The molecule has 0 aliphatic carbocycles. The lowest BCUT2D eigenvalue weighted by Crippen LogP contribution is -2.49. The van der Waals surface area contributed by atoms with Crippen LogP contribution in [0.5, 0.6) is 23.0 Å². The number of pyridine rings is 2. The zero-order valence-electron chi connectivity index (χ0n) is 33.6. The van der Waals surface area contributed by atoms with E-state index >= 15 is 0 Å². The second-order valence-corrected chi connectivity index (χ2v) is 14.9. The van der Waals surface area contributed by atoms with Crippen LogP contribution in [0.3, 0.4) is 0 Å². The highest BCUT2D eigenvalue weighted by atomic mass is 35.5. The number of nitrogen functional groups attached to an aromatic ring is 1. The van der Waals surface area contributed by atoms with Crippen LogP contribution in [0.25, 0.3) is 11.6 Å². The summed E-state index contributed by atoms with van der Waals surface area (Å²) >= 11 is 5.73. The number of rotatable bonds is 6. The highest BCUT2D eigenvalue weighted by Crippen LogP contribution is 2.37. The normalized spacial score (nSPS) is 14.4. The van der Waals surface area contributed by atoms with Gasteiger partial charge in [0, 0.05) is 38.6 Å². The third kappa shape index (κ3) is 9.39. The second-order valence-electron chi connectivity index (χ2n) is 14.5. The quantitative estimate of drug-likeness (QED) is 0.179. The van der Waals surface area contributed by atoms with Crippen molar-refractivity contribution in [1.82, 2.24) is 49.0 Å². The molecule has 58 heavy (non-hydrogen) atoms. The molecule has 8 heterocycles. The molecule has 0 saturated carbocycles. The Labute approximate surface area is 343 Å². The van der Waals surface area contributed by atoms with Gasteiger partial charge in [-0.3, -0.25) is 9.13 Å². The summed E-state index contributed by atoms with van der Waals surface area (Å²) in [4.78, 5) is 38.2. The average molecular weight is 815 g/mol. The van der Waals surface area contributed by atoms with E-state index in [9.17, 15) is 0 Å². The van der Waals surface area contributed by atoms with Gasteiger partial charge in [-0.15, -0.1) is 0 Å². The number of imidazole rings is 2. The van der Waals surface area contributed by atoms with Gasteiger partial charge in [0.05, 0.1) is 72.8 Å². The number of hydrogen-bond donors (Lipinski definition) is 2. The molecular formula is C39H51ClN14O4. The Morgan fingerprint density at radius 3 is 1.71 bits per heavy atom. The van der Waals surface area contributed by atoms with E-state index in [4.69, 9.17) is 36.3 Å². The van der Waals surface area contributed by atoms with Crippen molar-refractivity contribution < 1.29 is 18.9 Å². The van der Waals surface area contributed by atoms with Gasteiger partial charge in [-0.1, -0.05) is 7.43 Å². The van der Waals surface area contributed by atoms with E-state index in [0.29, 0.717) is 59.5 Å². The van der Waals surface area contributed by atoms with Crippen molar-refractivity contribution in [2.45, 2.75) is 60.0 Å². The zero-order valence-corrected chi connectivity index (χ0v) is 34.4. The Kier molecular flexibility index (Phi) is 12.8. The fourth-order valence-corrected chi connectivity index (χ4v) is 5.70. The predicted octanol–water partition coefficient (Wildman–Crippen LogP) is 6.26. The molecule has 6 aromatic rings. The van der Waals surface area contributed by atoms with Crippen molar-refractivity contribution in [1.29, 1.82) is 0 Å². The maximum Gasteiger partial charge on any atom is 0.229 e. The molecule has 0 radical (unpaired) electrons. The number of fused-ring (bicyclic) bond motifs is 2. The van der Waals surface area contributed by atoms with Gasteiger partial charge in [-0.05, 0) is 53.1 Å². The Morgan fingerprint density at radius 2 is 1.19 bits per heavy atom. The highest BCUT2D eigenvalue weighted by molar-refractivity contribution is 6.28. The van der Waals surface area contributed by atoms with E-state index in [-0.39, 0.29) is 23.8 Å². The smallest absolute Gasteiger partial charge is 0.229 e. The predicted molar refractivity (Wildman–Crippen MR) is 225 cm³/mol. The van der Waals surface area contributed by atoms with Crippen LogP contribution in [0.2, 0.25) is 5.28 Å². The minimum absolute atomic E-state index is 0. The van der Waals surface area contributed by atoms with Gasteiger partial charge in [-0.2, -0.15) is 9.97 Å². The standard InChI is InChI=1S/C19H23N7O2.C10H12N4O.C9H12ClN3O.CH4/c1-12-9-26(11-22-12)16-14(27-5)6-13(7-20-16)23-18-21-8-15-17(24-18)25(4)19(2,3)10-28-15;1-7-5-14(6-13-7)10-9(15-2)3-8(11)4-12-10;1-9(2)5-14-6-4-11-8(10)12-7(6)13(9)3;/h6-9,11H,10H2,1-5H3,(H,21,23,24);3-6H,11H2,1-2H3;4H,5H2,1-3H3;1H4. The number of halogens is 1. The maximum absolute atomic E-state index is 5.78. The second kappa shape index (κ2) is 17.4. The van der Waals surface area contributed by atoms with E-state index in [1.807, 2.05) is 51.0 Å². The number of aromatic nitrogens is 10. The van der Waals surface area contributed by atoms with Crippen molar-refractivity contribution in [2.24, 2.45) is 0 Å². The van der Waals surface area contributed by atoms with E-state index < -0.39 is 0 Å². The molecule has 2 aliphatic heterocycles. The summed E-state index contributed by atoms with van der Waals surface area (Å²) in [6, 6.07) is 3.59. The number of aryl methyl sites for hydroxylation is 2. The van der Waals surface area contributed by atoms with E-state index in [1.54, 1.807) is 62.3 Å². The van der Waals surface area contributed by atoms with Crippen LogP contribution in [-0.4, -0.2) is 102 Å². The van der Waals surface area contributed by atoms with Crippen LogP contribution in [-0.2, 0) is 0 Å². The summed E-state index contributed by atoms with van der Waals surface area (Å²) in [5, 5.41) is 3.44. The number of hydrogen-bond acceptors (Lipinski definition) is 16. The van der Waals surface area contributed by atoms with Gasteiger partial charge in [0.1, 0.15) is 25.9 Å². The van der Waals surface area contributed by atoms with E-state index in [0.717, 1.165) is 28.7 Å². The van der Waals surface area contributed by atoms with Crippen LogP contribution in [0, 0.1) is 13.8 Å². The lowest BCUT2D eigenvalue weighted by Gasteiger charge is -2.40. The van der Waals surface area contributed by atoms with Gasteiger partial charge in [0.25, 0.3) is 0 Å². The first-order chi connectivity index (χ1) is 27.1. The SMILES string of the molecule is C.CN1c2nc(Cl)ncc2OCC1(C)C.COc1cc(N)cnc1-n1cnc(C)c1.COc1cc(Nc2ncc3c(n2)N(C)C(C)(C)CO3)cnc1-n1cnc(C)c1. The summed E-state index contributed by atoms with van der Waals surface area (Å²) in [7, 11) is 7.18. The van der Waals surface area contributed by atoms with Gasteiger partial charge >= 0.3 is 0 Å². The molecule has 0 unspecified atom stereocenters. The number of nitrogens with zero attached hydrogens (tertiary/aromatic N) is 12. The zero-order chi connectivity index (χ0) is 41.1. The molecule has 19 heteroatoms. The molecule has 0 amide bonds. The van der Waals surface area contributed by atoms with Crippen molar-refractivity contribution in [3.63, 3.8) is 0 Å². The lowest BCUT2D eigenvalue weighted by molar-refractivity contribution is 0.215. The monoisotopic (exact) mass is 814 g/mol. The Balaban J connectivity index is 0.000000180. The lowest BCUT2D eigenvalue weighted by atomic mass is 10.0. The minimum atomic E-state index is -0.145. The first-order valence-corrected chi connectivity index (χ1v) is 18.2. The van der Waals surface area contributed by atoms with Crippen molar-refractivity contribution in [2.75, 3.05) is 62.4 Å². The fourth-order valence-electron chi connectivity index (χ4n) is 5.57. The van der Waals surface area contributed by atoms with Gasteiger partial charge in [0.15, 0.2) is 46.3 Å². The van der Waals surface area contributed by atoms with E-state index in [1.165, 1.54) is 0 Å². The largest absolute Gasteiger partial charge is 0.493 e. The third-order valence-electron chi connectivity index (χ3n) is 9.35. The van der Waals surface area contributed by atoms with Crippen LogP contribution in [0.1, 0.15) is 46.5 Å². The molecule has 0 aromatic carbocycles. The van der Waals surface area contributed by atoms with Crippen LogP contribution in [0.15, 0.2) is 62.0 Å². The molecule has 3 N–H and O–H groups in total. The number of methoxy groups -OCH3 is 2. The molecule has 0 fully saturated rings. The Hall–Kier alpha value is -6.43. The number of nitrogens with one attached hydrogen (secondary N) is 1. The first-order valence-electron chi connectivity index (χ1n) is 17.8. The molecule has 8 rings (SSSR count). The van der Waals surface area contributed by atoms with E-state index in [2.05, 4.69) is 82.7 Å². The van der Waals surface area contributed by atoms with Gasteiger partial charge in [-0.25, -0.2) is 29.9 Å². The summed E-state index contributed by atoms with van der Waals surface area (Å²) in [6.07, 6.45) is 13.8. The van der Waals surface area contributed by atoms with Gasteiger partial charge in [0.2, 0.25) is 11.2 Å². The maximum atomic E-state index is 5.78. The van der Waals surface area contributed by atoms with Gasteiger partial charge < -0.3 is 39.8 Å². The molecule has 0 atom stereocenters. The number of likely N-dealkylation sites (N-methyl/N-ethyl adjacent to an activating group) is 2. The summed E-state index contributed by atoms with van der Waals surface area (Å²) in [6.45, 7) is 13.4.